The van der Waals surface area contributed by atoms with Crippen LogP contribution in [0.4, 0.5) is 0 Å². The number of phenols is 1. The Hall–Kier alpha value is -1.80. The van der Waals surface area contributed by atoms with Crippen LogP contribution in [0.3, 0.4) is 0 Å². The lowest BCUT2D eigenvalue weighted by atomic mass is 9.98. The van der Waals surface area contributed by atoms with Crippen LogP contribution in [0, 0.1) is 6.92 Å². The highest BCUT2D eigenvalue weighted by molar-refractivity contribution is 5.35. The zero-order valence-electron chi connectivity index (χ0n) is 10.1. The smallest absolute Gasteiger partial charge is 0.115 e. The minimum absolute atomic E-state index is 0.163. The second-order valence-electron chi connectivity index (χ2n) is 4.22. The first kappa shape index (κ1) is 11.7. The zero-order chi connectivity index (χ0) is 12.3. The number of benzene rings is 2. The number of aryl methyl sites for hydroxylation is 1. The predicted molar refractivity (Wildman–Crippen MR) is 70.2 cm³/mol. The fourth-order valence-corrected chi connectivity index (χ4v) is 1.95. The van der Waals surface area contributed by atoms with E-state index in [9.17, 15) is 5.11 Å². The summed E-state index contributed by atoms with van der Waals surface area (Å²) in [5.41, 5.74) is 3.63. The summed E-state index contributed by atoms with van der Waals surface area (Å²) in [7, 11) is 1.94. The standard InChI is InChI=1S/C15H17NO/c1-11-3-5-12(6-4-11)15(16-2)13-7-9-14(17)10-8-13/h3-10,15-17H,1-2H3/t15-/m1/s1. The molecule has 1 atom stereocenters. The van der Waals surface area contributed by atoms with Crippen molar-refractivity contribution >= 4 is 0 Å². The minimum Gasteiger partial charge on any atom is -0.508 e. The van der Waals surface area contributed by atoms with Gasteiger partial charge in [0, 0.05) is 0 Å². The van der Waals surface area contributed by atoms with E-state index in [1.165, 1.54) is 11.1 Å². The van der Waals surface area contributed by atoms with E-state index < -0.39 is 0 Å². The van der Waals surface area contributed by atoms with Crippen LogP contribution in [0.1, 0.15) is 22.7 Å². The molecule has 0 unspecified atom stereocenters. The van der Waals surface area contributed by atoms with Crippen molar-refractivity contribution in [2.24, 2.45) is 0 Å². The van der Waals surface area contributed by atoms with E-state index in [4.69, 9.17) is 0 Å². The molecule has 2 heteroatoms. The molecule has 0 aromatic heterocycles. The van der Waals surface area contributed by atoms with Gasteiger partial charge in [-0.15, -0.1) is 0 Å². The van der Waals surface area contributed by atoms with Crippen LogP contribution in [0.5, 0.6) is 5.75 Å². The molecule has 0 aliphatic rings. The van der Waals surface area contributed by atoms with Crippen LogP contribution in [0.25, 0.3) is 0 Å². The van der Waals surface area contributed by atoms with Crippen molar-refractivity contribution in [3.05, 3.63) is 65.2 Å². The van der Waals surface area contributed by atoms with Crippen molar-refractivity contribution in [3.8, 4) is 5.75 Å². The average Bonchev–Trinajstić information content (AvgIpc) is 2.35. The van der Waals surface area contributed by atoms with E-state index >= 15 is 0 Å². The average molecular weight is 227 g/mol. The van der Waals surface area contributed by atoms with Gasteiger partial charge in [0.2, 0.25) is 0 Å². The van der Waals surface area contributed by atoms with E-state index in [-0.39, 0.29) is 6.04 Å². The number of rotatable bonds is 3. The van der Waals surface area contributed by atoms with Crippen molar-refractivity contribution in [2.75, 3.05) is 7.05 Å². The zero-order valence-corrected chi connectivity index (χ0v) is 10.1. The highest BCUT2D eigenvalue weighted by Crippen LogP contribution is 2.23. The monoisotopic (exact) mass is 227 g/mol. The summed E-state index contributed by atoms with van der Waals surface area (Å²) in [4.78, 5) is 0. The first-order chi connectivity index (χ1) is 8.20. The van der Waals surface area contributed by atoms with Crippen LogP contribution in [0.15, 0.2) is 48.5 Å². The quantitative estimate of drug-likeness (QED) is 0.844. The van der Waals surface area contributed by atoms with Crippen molar-refractivity contribution in [2.45, 2.75) is 13.0 Å². The molecule has 2 aromatic rings. The molecular weight excluding hydrogens is 210 g/mol. The van der Waals surface area contributed by atoms with E-state index in [0.717, 1.165) is 5.56 Å². The number of hydrogen-bond acceptors (Lipinski definition) is 2. The van der Waals surface area contributed by atoms with Crippen molar-refractivity contribution < 1.29 is 5.11 Å². The molecule has 0 amide bonds. The van der Waals surface area contributed by atoms with Gasteiger partial charge >= 0.3 is 0 Å². The lowest BCUT2D eigenvalue weighted by molar-refractivity contribution is 0.475. The molecule has 0 saturated heterocycles. The Morgan fingerprint density at radius 1 is 0.882 bits per heavy atom. The summed E-state index contributed by atoms with van der Waals surface area (Å²) in [6, 6.07) is 16.0. The van der Waals surface area contributed by atoms with Crippen LogP contribution in [-0.4, -0.2) is 12.2 Å². The van der Waals surface area contributed by atoms with Gasteiger partial charge < -0.3 is 10.4 Å². The molecule has 2 nitrogen and oxygen atoms in total. The molecule has 2 rings (SSSR count). The lowest BCUT2D eigenvalue weighted by Crippen LogP contribution is -2.17. The van der Waals surface area contributed by atoms with Crippen LogP contribution in [-0.2, 0) is 0 Å². The van der Waals surface area contributed by atoms with E-state index in [1.54, 1.807) is 12.1 Å². The van der Waals surface area contributed by atoms with E-state index in [1.807, 2.05) is 19.2 Å². The van der Waals surface area contributed by atoms with Gasteiger partial charge in [0.15, 0.2) is 0 Å². The molecule has 88 valence electrons. The van der Waals surface area contributed by atoms with Crippen molar-refractivity contribution in [1.29, 1.82) is 0 Å². The lowest BCUT2D eigenvalue weighted by Gasteiger charge is -2.17. The molecule has 0 aliphatic carbocycles. The van der Waals surface area contributed by atoms with Gasteiger partial charge in [0.1, 0.15) is 5.75 Å². The van der Waals surface area contributed by atoms with E-state index in [0.29, 0.717) is 5.75 Å². The number of hydrogen-bond donors (Lipinski definition) is 2. The maximum Gasteiger partial charge on any atom is 0.115 e. The molecule has 0 aliphatic heterocycles. The number of nitrogens with one attached hydrogen (secondary N) is 1. The second kappa shape index (κ2) is 5.02. The predicted octanol–water partition coefficient (Wildman–Crippen LogP) is 3.01. The molecule has 0 bridgehead atoms. The van der Waals surface area contributed by atoms with E-state index in [2.05, 4.69) is 36.5 Å². The fourth-order valence-electron chi connectivity index (χ4n) is 1.95. The SMILES string of the molecule is CN[C@H](c1ccc(C)cc1)c1ccc(O)cc1. The third-order valence-corrected chi connectivity index (χ3v) is 2.93. The first-order valence-corrected chi connectivity index (χ1v) is 5.73. The second-order valence-corrected chi connectivity index (χ2v) is 4.22. The first-order valence-electron chi connectivity index (χ1n) is 5.73. The highest BCUT2D eigenvalue weighted by Gasteiger charge is 2.11. The molecule has 0 fully saturated rings. The molecule has 0 saturated carbocycles. The van der Waals surface area contributed by atoms with Gasteiger partial charge in [-0.05, 0) is 37.2 Å². The third kappa shape index (κ3) is 2.66. The summed E-state index contributed by atoms with van der Waals surface area (Å²) >= 11 is 0. The normalized spacial score (nSPS) is 12.4. The summed E-state index contributed by atoms with van der Waals surface area (Å²) in [6.45, 7) is 2.08. The van der Waals surface area contributed by atoms with Crippen LogP contribution in [0.2, 0.25) is 0 Å². The summed E-state index contributed by atoms with van der Waals surface area (Å²) in [5, 5.41) is 12.6. The van der Waals surface area contributed by atoms with Gasteiger partial charge in [0.25, 0.3) is 0 Å². The molecule has 0 spiro atoms. The largest absolute Gasteiger partial charge is 0.508 e. The molecule has 17 heavy (non-hydrogen) atoms. The number of phenolic OH excluding ortho intramolecular Hbond substituents is 1. The minimum atomic E-state index is 0.163. The fraction of sp³-hybridized carbons (Fsp3) is 0.200. The van der Waals surface area contributed by atoms with Gasteiger partial charge in [-0.1, -0.05) is 42.0 Å². The Kier molecular flexibility index (Phi) is 3.45. The van der Waals surface area contributed by atoms with Gasteiger partial charge in [0.05, 0.1) is 6.04 Å². The molecule has 0 heterocycles. The molecule has 2 aromatic carbocycles. The Balaban J connectivity index is 2.33. The Bertz CT molecular complexity index is 428. The Labute approximate surface area is 102 Å². The topological polar surface area (TPSA) is 32.3 Å². The third-order valence-electron chi connectivity index (χ3n) is 2.93. The van der Waals surface area contributed by atoms with Gasteiger partial charge in [-0.3, -0.25) is 0 Å². The summed E-state index contributed by atoms with van der Waals surface area (Å²) in [6.07, 6.45) is 0. The maximum atomic E-state index is 9.30. The molecule has 0 radical (unpaired) electrons. The van der Waals surface area contributed by atoms with Gasteiger partial charge in [-0.25, -0.2) is 0 Å². The molecular formula is C15H17NO. The Morgan fingerprint density at radius 2 is 1.35 bits per heavy atom. The summed E-state index contributed by atoms with van der Waals surface area (Å²) < 4.78 is 0. The van der Waals surface area contributed by atoms with Crippen molar-refractivity contribution in [1.82, 2.24) is 5.32 Å². The van der Waals surface area contributed by atoms with Gasteiger partial charge in [-0.2, -0.15) is 0 Å². The summed E-state index contributed by atoms with van der Waals surface area (Å²) in [5.74, 6) is 0.299. The maximum absolute atomic E-state index is 9.30. The molecule has 2 N–H and O–H groups in total. The Morgan fingerprint density at radius 3 is 1.82 bits per heavy atom. The van der Waals surface area contributed by atoms with Crippen LogP contribution >= 0.6 is 0 Å². The number of aromatic hydroxyl groups is 1. The highest BCUT2D eigenvalue weighted by atomic mass is 16.3. The van der Waals surface area contributed by atoms with Crippen molar-refractivity contribution in [3.63, 3.8) is 0 Å². The van der Waals surface area contributed by atoms with Crippen LogP contribution < -0.4 is 5.32 Å².